The first-order chi connectivity index (χ1) is 18.4. The Labute approximate surface area is 226 Å². The Morgan fingerprint density at radius 3 is 2.24 bits per heavy atom. The molecule has 4 rings (SSSR count). The molecule has 2 heterocycles. The van der Waals surface area contributed by atoms with Crippen molar-refractivity contribution >= 4 is 17.6 Å². The summed E-state index contributed by atoms with van der Waals surface area (Å²) in [5.74, 6) is 1.12. The lowest BCUT2D eigenvalue weighted by molar-refractivity contribution is -0.139. The Bertz CT molecular complexity index is 1030. The number of carbonyl (C=O) groups excluding carboxylic acids is 1. The zero-order chi connectivity index (χ0) is 26.9. The molecule has 2 aromatic rings. The summed E-state index contributed by atoms with van der Waals surface area (Å²) in [6.45, 7) is 10.1. The summed E-state index contributed by atoms with van der Waals surface area (Å²) in [5, 5.41) is 8.71. The summed E-state index contributed by atoms with van der Waals surface area (Å²) in [6, 6.07) is 15.6. The average Bonchev–Trinajstić information content (AvgIpc) is 2.95. The number of carboxylic acids is 1. The van der Waals surface area contributed by atoms with E-state index in [1.54, 1.807) is 24.3 Å². The number of ether oxygens (including phenoxy) is 2. The third-order valence-corrected chi connectivity index (χ3v) is 7.78. The SMILES string of the molecule is CCC1CCC(C)N(CCCOc2ccc(N3CCN(C(=O)c4ccc(OCC(=O)O)cc4)CC3)cc2)C1. The van der Waals surface area contributed by atoms with Crippen molar-refractivity contribution < 1.29 is 24.2 Å². The summed E-state index contributed by atoms with van der Waals surface area (Å²) in [5.41, 5.74) is 1.71. The van der Waals surface area contributed by atoms with Gasteiger partial charge in [-0.05, 0) is 80.6 Å². The second kappa shape index (κ2) is 13.5. The minimum absolute atomic E-state index is 0.0256. The Hall–Kier alpha value is -3.26. The smallest absolute Gasteiger partial charge is 0.341 e. The fourth-order valence-corrected chi connectivity index (χ4v) is 5.31. The lowest BCUT2D eigenvalue weighted by Crippen LogP contribution is -2.48. The number of benzene rings is 2. The molecule has 0 bridgehead atoms. The maximum atomic E-state index is 12.9. The number of piperidine rings is 1. The highest BCUT2D eigenvalue weighted by Gasteiger charge is 2.24. The Morgan fingerprint density at radius 1 is 0.921 bits per heavy atom. The highest BCUT2D eigenvalue weighted by atomic mass is 16.5. The predicted molar refractivity (Wildman–Crippen MR) is 148 cm³/mol. The summed E-state index contributed by atoms with van der Waals surface area (Å²) in [4.78, 5) is 30.3. The zero-order valence-electron chi connectivity index (χ0n) is 22.7. The normalized spacial score (nSPS) is 20.3. The Morgan fingerprint density at radius 2 is 1.58 bits per heavy atom. The Kier molecular flexibility index (Phi) is 9.87. The molecule has 1 N–H and O–H groups in total. The van der Waals surface area contributed by atoms with Crippen molar-refractivity contribution in [1.82, 2.24) is 9.80 Å². The molecule has 8 heteroatoms. The molecule has 2 unspecified atom stereocenters. The van der Waals surface area contributed by atoms with Crippen molar-refractivity contribution in [2.75, 3.05) is 57.4 Å². The van der Waals surface area contributed by atoms with Gasteiger partial charge in [0.1, 0.15) is 11.5 Å². The molecular formula is C30H41N3O5. The molecule has 2 saturated heterocycles. The molecule has 2 atom stereocenters. The van der Waals surface area contributed by atoms with Crippen molar-refractivity contribution in [3.63, 3.8) is 0 Å². The van der Waals surface area contributed by atoms with Gasteiger partial charge in [0.25, 0.3) is 5.91 Å². The van der Waals surface area contributed by atoms with Crippen LogP contribution in [0.25, 0.3) is 0 Å². The molecule has 2 fully saturated rings. The summed E-state index contributed by atoms with van der Waals surface area (Å²) in [7, 11) is 0. The molecule has 2 aliphatic rings. The zero-order valence-corrected chi connectivity index (χ0v) is 22.7. The van der Waals surface area contributed by atoms with Crippen LogP contribution in [0.4, 0.5) is 5.69 Å². The number of piperazine rings is 1. The molecule has 2 aliphatic heterocycles. The maximum Gasteiger partial charge on any atom is 0.341 e. The number of hydrogen-bond acceptors (Lipinski definition) is 6. The fourth-order valence-electron chi connectivity index (χ4n) is 5.31. The van der Waals surface area contributed by atoms with Gasteiger partial charge in [-0.1, -0.05) is 13.3 Å². The van der Waals surface area contributed by atoms with Gasteiger partial charge >= 0.3 is 5.97 Å². The van der Waals surface area contributed by atoms with E-state index in [0.29, 0.717) is 30.4 Å². The van der Waals surface area contributed by atoms with Gasteiger partial charge in [0.15, 0.2) is 6.61 Å². The quantitative estimate of drug-likeness (QED) is 0.438. The second-order valence-corrected chi connectivity index (χ2v) is 10.4. The van der Waals surface area contributed by atoms with E-state index in [4.69, 9.17) is 14.6 Å². The first-order valence-electron chi connectivity index (χ1n) is 13.9. The van der Waals surface area contributed by atoms with Crippen LogP contribution in [0.1, 0.15) is 49.9 Å². The lowest BCUT2D eigenvalue weighted by atomic mass is 9.91. The molecule has 0 aromatic heterocycles. The minimum Gasteiger partial charge on any atom is -0.494 e. The van der Waals surface area contributed by atoms with E-state index in [0.717, 1.165) is 50.0 Å². The topological polar surface area (TPSA) is 82.5 Å². The molecule has 0 radical (unpaired) electrons. The van der Waals surface area contributed by atoms with Crippen molar-refractivity contribution in [1.29, 1.82) is 0 Å². The number of likely N-dealkylation sites (tertiary alicyclic amines) is 1. The molecule has 38 heavy (non-hydrogen) atoms. The van der Waals surface area contributed by atoms with Crippen molar-refractivity contribution in [3.05, 3.63) is 54.1 Å². The summed E-state index contributed by atoms with van der Waals surface area (Å²) < 4.78 is 11.2. The number of nitrogens with zero attached hydrogens (tertiary/aromatic N) is 3. The highest BCUT2D eigenvalue weighted by molar-refractivity contribution is 5.94. The van der Waals surface area contributed by atoms with Gasteiger partial charge in [0.05, 0.1) is 6.61 Å². The monoisotopic (exact) mass is 523 g/mol. The number of carbonyl (C=O) groups is 2. The molecule has 0 saturated carbocycles. The van der Waals surface area contributed by atoms with E-state index in [-0.39, 0.29) is 5.91 Å². The Balaban J connectivity index is 1.18. The van der Waals surface area contributed by atoms with Crippen LogP contribution in [0.5, 0.6) is 11.5 Å². The van der Waals surface area contributed by atoms with Crippen LogP contribution in [0.2, 0.25) is 0 Å². The van der Waals surface area contributed by atoms with Crippen molar-refractivity contribution in [2.24, 2.45) is 5.92 Å². The van der Waals surface area contributed by atoms with Gasteiger partial charge < -0.3 is 29.3 Å². The largest absolute Gasteiger partial charge is 0.494 e. The van der Waals surface area contributed by atoms with Gasteiger partial charge in [-0.15, -0.1) is 0 Å². The number of aliphatic carboxylic acids is 1. The molecule has 2 aromatic carbocycles. The van der Waals surface area contributed by atoms with E-state index in [1.165, 1.54) is 25.8 Å². The third kappa shape index (κ3) is 7.63. The molecule has 0 aliphatic carbocycles. The number of amides is 1. The number of carboxylic acid groups (broad SMARTS) is 1. The van der Waals surface area contributed by atoms with Crippen LogP contribution in [-0.2, 0) is 4.79 Å². The van der Waals surface area contributed by atoms with Crippen molar-refractivity contribution in [3.8, 4) is 11.5 Å². The van der Waals surface area contributed by atoms with E-state index < -0.39 is 12.6 Å². The van der Waals surface area contributed by atoms with Gasteiger partial charge in [-0.2, -0.15) is 0 Å². The lowest BCUT2D eigenvalue weighted by Gasteiger charge is -2.37. The van der Waals surface area contributed by atoms with E-state index in [2.05, 4.69) is 35.8 Å². The fraction of sp³-hybridized carbons (Fsp3) is 0.533. The molecule has 1 amide bonds. The van der Waals surface area contributed by atoms with E-state index in [1.807, 2.05) is 17.0 Å². The first kappa shape index (κ1) is 27.8. The molecule has 8 nitrogen and oxygen atoms in total. The van der Waals surface area contributed by atoms with Gasteiger partial charge in [-0.25, -0.2) is 4.79 Å². The van der Waals surface area contributed by atoms with E-state index >= 15 is 0 Å². The van der Waals surface area contributed by atoms with Crippen LogP contribution in [0.3, 0.4) is 0 Å². The van der Waals surface area contributed by atoms with Crippen LogP contribution >= 0.6 is 0 Å². The van der Waals surface area contributed by atoms with Gasteiger partial charge in [0, 0.05) is 56.6 Å². The van der Waals surface area contributed by atoms with Gasteiger partial charge in [-0.3, -0.25) is 4.79 Å². The van der Waals surface area contributed by atoms with Crippen LogP contribution in [0.15, 0.2) is 48.5 Å². The predicted octanol–water partition coefficient (Wildman–Crippen LogP) is 4.39. The standard InChI is InChI=1S/C30H41N3O5/c1-3-24-6-5-23(2)33(21-24)15-4-20-37-27-13-9-26(10-14-27)31-16-18-32(19-17-31)30(36)25-7-11-28(12-8-25)38-22-29(34)35/h7-14,23-24H,3-6,15-22H2,1-2H3,(H,34,35). The highest BCUT2D eigenvalue weighted by Crippen LogP contribution is 2.25. The van der Waals surface area contributed by atoms with Crippen LogP contribution < -0.4 is 14.4 Å². The maximum absolute atomic E-state index is 12.9. The van der Waals surface area contributed by atoms with Gasteiger partial charge in [0.2, 0.25) is 0 Å². The first-order valence-corrected chi connectivity index (χ1v) is 13.9. The number of anilines is 1. The van der Waals surface area contributed by atoms with E-state index in [9.17, 15) is 9.59 Å². The number of hydrogen-bond donors (Lipinski definition) is 1. The average molecular weight is 524 g/mol. The van der Waals surface area contributed by atoms with Crippen molar-refractivity contribution in [2.45, 2.75) is 45.6 Å². The summed E-state index contributed by atoms with van der Waals surface area (Å²) >= 11 is 0. The van der Waals surface area contributed by atoms with Crippen LogP contribution in [-0.4, -0.2) is 85.3 Å². The number of rotatable bonds is 11. The summed E-state index contributed by atoms with van der Waals surface area (Å²) in [6.07, 6.45) is 4.99. The second-order valence-electron chi connectivity index (χ2n) is 10.4. The third-order valence-electron chi connectivity index (χ3n) is 7.78. The molecular weight excluding hydrogens is 482 g/mol. The van der Waals surface area contributed by atoms with Crippen LogP contribution in [0, 0.1) is 5.92 Å². The minimum atomic E-state index is -1.03. The molecule has 206 valence electrons. The molecule has 0 spiro atoms.